The van der Waals surface area contributed by atoms with Crippen molar-refractivity contribution in [3.63, 3.8) is 0 Å². The summed E-state index contributed by atoms with van der Waals surface area (Å²) in [4.78, 5) is 15.3. The van der Waals surface area contributed by atoms with Gasteiger partial charge in [-0.15, -0.1) is 0 Å². The SMILES string of the molecule is O=P(O)(O)[O][Mn].[Fe].[LiH]. The summed E-state index contributed by atoms with van der Waals surface area (Å²) in [5, 5.41) is 0. The molecular formula is H3FeLiMnO4P. The average Bonchev–Trinajstić information content (AvgIpc) is 1.35. The Kier molecular flexibility index (Phi) is 14.0. The minimum atomic E-state index is -4.23. The molecule has 0 fully saturated rings. The molecule has 0 aliphatic carbocycles. The van der Waals surface area contributed by atoms with Crippen molar-refractivity contribution in [3.05, 3.63) is 0 Å². The Bertz CT molecular complexity index is 80.1. The van der Waals surface area contributed by atoms with E-state index in [2.05, 4.69) is 19.9 Å². The Balaban J connectivity index is -0.000000125. The zero-order valence-electron chi connectivity index (χ0n) is 2.89. The van der Waals surface area contributed by atoms with Crippen LogP contribution < -0.4 is 0 Å². The summed E-state index contributed by atoms with van der Waals surface area (Å²) in [5.41, 5.74) is 0. The summed E-state index contributed by atoms with van der Waals surface area (Å²) in [6.45, 7) is 0. The van der Waals surface area contributed by atoms with Gasteiger partial charge in [-0.25, -0.2) is 0 Å². The molecule has 0 unspecified atom stereocenters. The Morgan fingerprint density at radius 1 is 1.50 bits per heavy atom. The molecule has 0 radical (unpaired) electrons. The summed E-state index contributed by atoms with van der Waals surface area (Å²) >= 11 is 2.11. The van der Waals surface area contributed by atoms with E-state index in [1.165, 1.54) is 0 Å². The van der Waals surface area contributed by atoms with Crippen LogP contribution in [0.3, 0.4) is 0 Å². The molecule has 8 heavy (non-hydrogen) atoms. The number of hydrogen-bond acceptors (Lipinski definition) is 2. The second-order valence-corrected chi connectivity index (χ2v) is 2.33. The summed E-state index contributed by atoms with van der Waals surface area (Å²) in [5.74, 6) is 0. The molecule has 0 amide bonds. The zero-order valence-corrected chi connectivity index (χ0v) is 6.07. The van der Waals surface area contributed by atoms with Gasteiger partial charge in [-0.1, -0.05) is 0 Å². The molecule has 0 saturated carbocycles. The molecule has 8 heteroatoms. The van der Waals surface area contributed by atoms with Gasteiger partial charge in [-0.2, -0.15) is 0 Å². The van der Waals surface area contributed by atoms with E-state index in [1.807, 2.05) is 0 Å². The standard InChI is InChI=1S/Fe.Li.Mn.H3O4P.H/c;;;1-5(2,3)4;/h;;;(H3,1,2,3,4);/q;;+1;;/p-1. The Hall–Kier alpha value is 1.75. The summed E-state index contributed by atoms with van der Waals surface area (Å²) in [6.07, 6.45) is 0. The molecule has 0 aromatic carbocycles. The fraction of sp³-hybridized carbons (Fsp3) is 0. The van der Waals surface area contributed by atoms with E-state index in [0.29, 0.717) is 0 Å². The molecule has 48 valence electrons. The molecule has 0 aliphatic rings. The fourth-order valence-electron chi connectivity index (χ4n) is 0. The number of rotatable bonds is 1. The summed E-state index contributed by atoms with van der Waals surface area (Å²) in [6, 6.07) is 0. The molecule has 0 aromatic heterocycles. The predicted octanol–water partition coefficient (Wildman–Crippen LogP) is -1.09. The van der Waals surface area contributed by atoms with Gasteiger partial charge < -0.3 is 0 Å². The Labute approximate surface area is 77.8 Å². The van der Waals surface area contributed by atoms with Crippen molar-refractivity contribution in [2.24, 2.45) is 0 Å². The molecule has 0 heterocycles. The van der Waals surface area contributed by atoms with Crippen molar-refractivity contribution in [1.82, 2.24) is 0 Å². The molecule has 0 bridgehead atoms. The first-order chi connectivity index (χ1) is 2.56. The summed E-state index contributed by atoms with van der Waals surface area (Å²) < 4.78 is 12.8. The van der Waals surface area contributed by atoms with E-state index in [0.717, 1.165) is 0 Å². The number of phosphoric acid groups is 1. The predicted molar refractivity (Wildman–Crippen MR) is 20.3 cm³/mol. The van der Waals surface area contributed by atoms with Crippen LogP contribution in [0.1, 0.15) is 0 Å². The van der Waals surface area contributed by atoms with E-state index in [1.54, 1.807) is 0 Å². The molecule has 0 saturated heterocycles. The van der Waals surface area contributed by atoms with Crippen molar-refractivity contribution in [3.8, 4) is 0 Å². The van der Waals surface area contributed by atoms with Gasteiger partial charge in [0.15, 0.2) is 0 Å². The van der Waals surface area contributed by atoms with Crippen LogP contribution in [0.2, 0.25) is 0 Å². The van der Waals surface area contributed by atoms with Crippen molar-refractivity contribution in [2.75, 3.05) is 0 Å². The van der Waals surface area contributed by atoms with Gasteiger partial charge in [0.25, 0.3) is 0 Å². The molecule has 0 spiro atoms. The van der Waals surface area contributed by atoms with Gasteiger partial charge in [0.05, 0.1) is 0 Å². The summed E-state index contributed by atoms with van der Waals surface area (Å²) in [7, 11) is -4.23. The molecule has 2 N–H and O–H groups in total. The molecule has 0 atom stereocenters. The van der Waals surface area contributed by atoms with Crippen LogP contribution in [0.4, 0.5) is 0 Å². The van der Waals surface area contributed by atoms with E-state index in [-0.39, 0.29) is 35.9 Å². The van der Waals surface area contributed by atoms with Gasteiger partial charge in [-0.3, -0.25) is 0 Å². The third kappa shape index (κ3) is 15.7. The molecular weight excluding hydrogens is 213 g/mol. The minimum absolute atomic E-state index is 0. The maximum absolute atomic E-state index is 9.43. The molecule has 4 nitrogen and oxygen atoms in total. The van der Waals surface area contributed by atoms with E-state index >= 15 is 0 Å². The van der Waals surface area contributed by atoms with Gasteiger partial charge in [0.2, 0.25) is 0 Å². The Morgan fingerprint density at radius 2 is 1.62 bits per heavy atom. The van der Waals surface area contributed by atoms with E-state index in [4.69, 9.17) is 9.79 Å². The monoisotopic (exact) mass is 216 g/mol. The second kappa shape index (κ2) is 6.86. The van der Waals surface area contributed by atoms with Crippen LogP contribution in [0.25, 0.3) is 0 Å². The van der Waals surface area contributed by atoms with Crippen molar-refractivity contribution in [2.45, 2.75) is 0 Å². The Morgan fingerprint density at radius 3 is 1.62 bits per heavy atom. The molecule has 0 rings (SSSR count). The van der Waals surface area contributed by atoms with Crippen molar-refractivity contribution >= 4 is 26.7 Å². The second-order valence-electron chi connectivity index (χ2n) is 0.560. The van der Waals surface area contributed by atoms with Crippen LogP contribution in [-0.2, 0) is 41.6 Å². The third-order valence-corrected chi connectivity index (χ3v) is 1.11. The molecule has 0 aliphatic heterocycles. The van der Waals surface area contributed by atoms with Crippen LogP contribution in [-0.4, -0.2) is 28.6 Å². The van der Waals surface area contributed by atoms with Crippen LogP contribution >= 0.6 is 7.82 Å². The third-order valence-electron chi connectivity index (χ3n) is 0.0899. The van der Waals surface area contributed by atoms with Gasteiger partial charge >= 0.3 is 61.0 Å². The normalized spacial score (nSPS) is 8.88. The van der Waals surface area contributed by atoms with Gasteiger partial charge in [-0.05, 0) is 0 Å². The zero-order chi connectivity index (χ0) is 5.21. The van der Waals surface area contributed by atoms with E-state index in [9.17, 15) is 4.57 Å². The number of hydrogen-bond donors (Lipinski definition) is 2. The van der Waals surface area contributed by atoms with Crippen molar-refractivity contribution in [1.29, 1.82) is 0 Å². The van der Waals surface area contributed by atoms with Gasteiger partial charge in [0, 0.05) is 17.1 Å². The quantitative estimate of drug-likeness (QED) is 0.431. The van der Waals surface area contributed by atoms with Crippen molar-refractivity contribution < 1.29 is 51.4 Å². The molecule has 0 aromatic rings. The van der Waals surface area contributed by atoms with Crippen LogP contribution in [0.5, 0.6) is 0 Å². The topological polar surface area (TPSA) is 66.8 Å². The fourth-order valence-corrected chi connectivity index (χ4v) is 0. The first kappa shape index (κ1) is 16.4. The van der Waals surface area contributed by atoms with E-state index < -0.39 is 7.82 Å². The van der Waals surface area contributed by atoms with Gasteiger partial charge in [0.1, 0.15) is 0 Å². The van der Waals surface area contributed by atoms with Crippen LogP contribution in [0.15, 0.2) is 0 Å². The first-order valence-corrected chi connectivity index (χ1v) is 2.93. The average molecular weight is 216 g/mol. The first-order valence-electron chi connectivity index (χ1n) is 0.919. The maximum atomic E-state index is 9.43. The van der Waals surface area contributed by atoms with Crippen LogP contribution in [0, 0.1) is 0 Å².